The number of hydrogen-bond acceptors (Lipinski definition) is 2. The second kappa shape index (κ2) is 4.26. The zero-order chi connectivity index (χ0) is 10.8. The van der Waals surface area contributed by atoms with E-state index in [1.54, 1.807) is 0 Å². The Morgan fingerprint density at radius 1 is 1.50 bits per heavy atom. The number of rotatable bonds is 3. The minimum atomic E-state index is -1.66. The topological polar surface area (TPSA) is 46.5 Å². The van der Waals surface area contributed by atoms with Gasteiger partial charge in [0.25, 0.3) is 0 Å². The van der Waals surface area contributed by atoms with E-state index >= 15 is 0 Å². The zero-order valence-electron chi connectivity index (χ0n) is 8.62. The van der Waals surface area contributed by atoms with E-state index < -0.39 is 17.6 Å². The predicted molar refractivity (Wildman–Crippen MR) is 49.9 cm³/mol. The van der Waals surface area contributed by atoms with Crippen LogP contribution in [0.2, 0.25) is 0 Å². The highest BCUT2D eigenvalue weighted by Gasteiger charge is 2.41. The van der Waals surface area contributed by atoms with Gasteiger partial charge in [0, 0.05) is 13.2 Å². The molecule has 1 rings (SSSR count). The lowest BCUT2D eigenvalue weighted by atomic mass is 9.77. The number of carboxylic acid groups (broad SMARTS) is 1. The summed E-state index contributed by atoms with van der Waals surface area (Å²) in [6, 6.07) is 0. The van der Waals surface area contributed by atoms with Crippen molar-refractivity contribution in [3.05, 3.63) is 0 Å². The fourth-order valence-electron chi connectivity index (χ4n) is 2.10. The fourth-order valence-corrected chi connectivity index (χ4v) is 2.10. The van der Waals surface area contributed by atoms with Gasteiger partial charge in [-0.1, -0.05) is 0 Å². The first-order valence-corrected chi connectivity index (χ1v) is 4.92. The van der Waals surface area contributed by atoms with Gasteiger partial charge in [-0.15, -0.1) is 0 Å². The van der Waals surface area contributed by atoms with Gasteiger partial charge in [-0.2, -0.15) is 0 Å². The molecule has 1 N–H and O–H groups in total. The molecule has 1 aliphatic heterocycles. The minimum absolute atomic E-state index is 0.0961. The van der Waals surface area contributed by atoms with Crippen molar-refractivity contribution >= 4 is 5.97 Å². The van der Waals surface area contributed by atoms with Crippen molar-refractivity contribution in [1.82, 2.24) is 0 Å². The summed E-state index contributed by atoms with van der Waals surface area (Å²) >= 11 is 0. The molecule has 4 heteroatoms. The molecule has 0 amide bonds. The molecule has 0 saturated carbocycles. The molecule has 1 atom stereocenters. The van der Waals surface area contributed by atoms with Crippen LogP contribution in [0.15, 0.2) is 0 Å². The monoisotopic (exact) mass is 204 g/mol. The molecule has 0 aliphatic carbocycles. The summed E-state index contributed by atoms with van der Waals surface area (Å²) in [5.41, 5.74) is -1.66. The standard InChI is InChI=1S/C10H17FO3/c1-10(2,11)8(9(12)13)7-3-5-14-6-4-7/h7-8H,3-6H2,1-2H3,(H,12,13). The summed E-state index contributed by atoms with van der Waals surface area (Å²) in [6.07, 6.45) is 1.29. The summed E-state index contributed by atoms with van der Waals surface area (Å²) in [5, 5.41) is 8.98. The molecular formula is C10H17FO3. The van der Waals surface area contributed by atoms with Gasteiger partial charge in [0.2, 0.25) is 0 Å². The number of alkyl halides is 1. The molecule has 0 aromatic carbocycles. The van der Waals surface area contributed by atoms with Crippen molar-refractivity contribution in [3.8, 4) is 0 Å². The van der Waals surface area contributed by atoms with Crippen LogP contribution in [-0.2, 0) is 9.53 Å². The van der Waals surface area contributed by atoms with Crippen molar-refractivity contribution in [2.75, 3.05) is 13.2 Å². The Hall–Kier alpha value is -0.640. The number of carbonyl (C=O) groups is 1. The van der Waals surface area contributed by atoms with Crippen molar-refractivity contribution < 1.29 is 19.0 Å². The molecule has 1 heterocycles. The maximum Gasteiger partial charge on any atom is 0.310 e. The Bertz CT molecular complexity index is 204. The van der Waals surface area contributed by atoms with Gasteiger partial charge in [0.15, 0.2) is 0 Å². The normalized spacial score (nSPS) is 21.9. The minimum Gasteiger partial charge on any atom is -0.481 e. The fraction of sp³-hybridized carbons (Fsp3) is 0.900. The smallest absolute Gasteiger partial charge is 0.310 e. The van der Waals surface area contributed by atoms with Crippen LogP contribution >= 0.6 is 0 Å². The number of hydrogen-bond donors (Lipinski definition) is 1. The van der Waals surface area contributed by atoms with Crippen LogP contribution in [0.1, 0.15) is 26.7 Å². The Morgan fingerprint density at radius 3 is 2.36 bits per heavy atom. The predicted octanol–water partition coefficient (Wildman–Crippen LogP) is 1.86. The molecule has 1 unspecified atom stereocenters. The van der Waals surface area contributed by atoms with E-state index in [1.807, 2.05) is 0 Å². The summed E-state index contributed by atoms with van der Waals surface area (Å²) in [6.45, 7) is 3.76. The van der Waals surface area contributed by atoms with E-state index in [-0.39, 0.29) is 5.92 Å². The summed E-state index contributed by atoms with van der Waals surface area (Å²) in [4.78, 5) is 11.0. The van der Waals surface area contributed by atoms with Crippen LogP contribution in [0, 0.1) is 11.8 Å². The van der Waals surface area contributed by atoms with E-state index in [2.05, 4.69) is 0 Å². The van der Waals surface area contributed by atoms with E-state index in [1.165, 1.54) is 13.8 Å². The maximum atomic E-state index is 13.7. The van der Waals surface area contributed by atoms with Crippen LogP contribution in [0.5, 0.6) is 0 Å². The molecule has 0 aromatic rings. The van der Waals surface area contributed by atoms with Crippen LogP contribution in [0.25, 0.3) is 0 Å². The van der Waals surface area contributed by atoms with Crippen LogP contribution in [0.3, 0.4) is 0 Å². The van der Waals surface area contributed by atoms with Crippen molar-refractivity contribution in [2.24, 2.45) is 11.8 Å². The van der Waals surface area contributed by atoms with Crippen LogP contribution in [-0.4, -0.2) is 30.0 Å². The van der Waals surface area contributed by atoms with E-state index in [4.69, 9.17) is 9.84 Å². The molecule has 0 bridgehead atoms. The molecule has 3 nitrogen and oxygen atoms in total. The first kappa shape index (κ1) is 11.4. The van der Waals surface area contributed by atoms with Gasteiger partial charge < -0.3 is 9.84 Å². The molecule has 0 spiro atoms. The van der Waals surface area contributed by atoms with Gasteiger partial charge in [-0.3, -0.25) is 4.79 Å². The van der Waals surface area contributed by atoms with Crippen LogP contribution < -0.4 is 0 Å². The zero-order valence-corrected chi connectivity index (χ0v) is 8.62. The largest absolute Gasteiger partial charge is 0.481 e. The molecule has 0 aromatic heterocycles. The molecule has 1 aliphatic rings. The lowest BCUT2D eigenvalue weighted by Gasteiger charge is -2.33. The van der Waals surface area contributed by atoms with Crippen molar-refractivity contribution in [3.63, 3.8) is 0 Å². The third-order valence-corrected chi connectivity index (χ3v) is 2.74. The Morgan fingerprint density at radius 2 is 2.00 bits per heavy atom. The molecule has 82 valence electrons. The van der Waals surface area contributed by atoms with Gasteiger partial charge in [0.1, 0.15) is 5.67 Å². The SMILES string of the molecule is CC(C)(F)C(C(=O)O)C1CCOCC1. The Labute approximate surface area is 83.3 Å². The molecule has 1 fully saturated rings. The number of ether oxygens (including phenoxy) is 1. The third-order valence-electron chi connectivity index (χ3n) is 2.74. The van der Waals surface area contributed by atoms with Gasteiger partial charge in [-0.25, -0.2) is 4.39 Å². The average molecular weight is 204 g/mol. The van der Waals surface area contributed by atoms with Gasteiger partial charge in [0.05, 0.1) is 5.92 Å². The second-order valence-corrected chi connectivity index (χ2v) is 4.33. The number of carboxylic acids is 1. The third kappa shape index (κ3) is 2.67. The van der Waals surface area contributed by atoms with Crippen molar-refractivity contribution in [2.45, 2.75) is 32.4 Å². The number of halogens is 1. The first-order valence-electron chi connectivity index (χ1n) is 4.92. The van der Waals surface area contributed by atoms with E-state index in [9.17, 15) is 9.18 Å². The van der Waals surface area contributed by atoms with Gasteiger partial charge >= 0.3 is 5.97 Å². The highest BCUT2D eigenvalue weighted by Crippen LogP contribution is 2.34. The quantitative estimate of drug-likeness (QED) is 0.763. The molecule has 14 heavy (non-hydrogen) atoms. The Kier molecular flexibility index (Phi) is 3.48. The Balaban J connectivity index is 2.71. The van der Waals surface area contributed by atoms with E-state index in [0.717, 1.165) is 0 Å². The second-order valence-electron chi connectivity index (χ2n) is 4.33. The molecule has 1 saturated heterocycles. The van der Waals surface area contributed by atoms with Crippen molar-refractivity contribution in [1.29, 1.82) is 0 Å². The average Bonchev–Trinajstić information content (AvgIpc) is 2.02. The number of aliphatic carboxylic acids is 1. The maximum absolute atomic E-state index is 13.7. The summed E-state index contributed by atoms with van der Waals surface area (Å²) in [7, 11) is 0. The summed E-state index contributed by atoms with van der Waals surface area (Å²) < 4.78 is 18.8. The highest BCUT2D eigenvalue weighted by atomic mass is 19.1. The summed E-state index contributed by atoms with van der Waals surface area (Å²) in [5.74, 6) is -2.04. The van der Waals surface area contributed by atoms with Gasteiger partial charge in [-0.05, 0) is 32.6 Å². The van der Waals surface area contributed by atoms with E-state index in [0.29, 0.717) is 26.1 Å². The van der Waals surface area contributed by atoms with Crippen LogP contribution in [0.4, 0.5) is 4.39 Å². The first-order chi connectivity index (χ1) is 6.43. The molecular weight excluding hydrogens is 187 g/mol. The lowest BCUT2D eigenvalue weighted by Crippen LogP contribution is -2.41. The lowest BCUT2D eigenvalue weighted by molar-refractivity contribution is -0.151. The highest BCUT2D eigenvalue weighted by molar-refractivity contribution is 5.71. The molecule has 0 radical (unpaired) electrons.